The average Bonchev–Trinajstić information content (AvgIpc) is 3.52. The van der Waals surface area contributed by atoms with Gasteiger partial charge in [0.1, 0.15) is 11.5 Å². The van der Waals surface area contributed by atoms with Crippen LogP contribution < -0.4 is 14.8 Å². The first-order valence-electron chi connectivity index (χ1n) is 11.4. The Hall–Kier alpha value is -4.01. The predicted octanol–water partition coefficient (Wildman–Crippen LogP) is 4.80. The van der Waals surface area contributed by atoms with Crippen LogP contribution in [-0.2, 0) is 7.05 Å². The Morgan fingerprint density at radius 1 is 1.03 bits per heavy atom. The van der Waals surface area contributed by atoms with Crippen molar-refractivity contribution < 1.29 is 9.47 Å². The van der Waals surface area contributed by atoms with E-state index in [9.17, 15) is 0 Å². The Balaban J connectivity index is 1.36. The number of nitrogens with zero attached hydrogens (tertiary/aromatic N) is 6. The van der Waals surface area contributed by atoms with E-state index in [-0.39, 0.29) is 0 Å². The number of anilines is 1. The molecule has 174 valence electrons. The normalized spacial score (nSPS) is 13.7. The van der Waals surface area contributed by atoms with E-state index in [1.54, 1.807) is 30.4 Å². The van der Waals surface area contributed by atoms with Gasteiger partial charge in [0.25, 0.3) is 0 Å². The second-order valence-electron chi connectivity index (χ2n) is 8.40. The number of pyridine rings is 2. The van der Waals surface area contributed by atoms with Crippen molar-refractivity contribution >= 4 is 5.95 Å². The van der Waals surface area contributed by atoms with Crippen LogP contribution in [0.15, 0.2) is 49.1 Å². The van der Waals surface area contributed by atoms with Gasteiger partial charge < -0.3 is 14.8 Å². The Kier molecular flexibility index (Phi) is 6.07. The lowest BCUT2D eigenvalue weighted by molar-refractivity contribution is 0.399. The minimum absolute atomic E-state index is 0.430. The Bertz CT molecular complexity index is 1300. The van der Waals surface area contributed by atoms with Crippen molar-refractivity contribution in [2.45, 2.75) is 38.6 Å². The molecule has 5 rings (SSSR count). The molecule has 4 aromatic heterocycles. The summed E-state index contributed by atoms with van der Waals surface area (Å²) >= 11 is 0. The average molecular weight is 458 g/mol. The highest BCUT2D eigenvalue weighted by molar-refractivity contribution is 5.66. The van der Waals surface area contributed by atoms with Crippen LogP contribution in [0.3, 0.4) is 0 Å². The lowest BCUT2D eigenvalue weighted by Crippen LogP contribution is -2.16. The standard InChI is InChI=1S/C25H27N7O2/c1-16-23(34-19-10-11-26-22(12-19)17-13-28-32(2)15-17)9-8-21(29-16)20-14-27-25(31-24(20)33-3)30-18-6-4-5-7-18/h8-15,18H,4-7H2,1-3H3,(H,27,30,31). The van der Waals surface area contributed by atoms with E-state index >= 15 is 0 Å². The highest BCUT2D eigenvalue weighted by atomic mass is 16.5. The molecule has 0 aromatic carbocycles. The smallest absolute Gasteiger partial charge is 0.227 e. The first kappa shape index (κ1) is 21.8. The zero-order valence-corrected chi connectivity index (χ0v) is 19.5. The molecule has 0 aliphatic heterocycles. The van der Waals surface area contributed by atoms with E-state index < -0.39 is 0 Å². The monoisotopic (exact) mass is 457 g/mol. The second-order valence-corrected chi connectivity index (χ2v) is 8.40. The molecular formula is C25H27N7O2. The fourth-order valence-corrected chi connectivity index (χ4v) is 4.14. The van der Waals surface area contributed by atoms with Crippen molar-refractivity contribution in [3.8, 4) is 39.9 Å². The first-order valence-corrected chi connectivity index (χ1v) is 11.4. The second kappa shape index (κ2) is 9.46. The van der Waals surface area contributed by atoms with Crippen molar-refractivity contribution in [3.63, 3.8) is 0 Å². The van der Waals surface area contributed by atoms with Gasteiger partial charge in [0.2, 0.25) is 11.8 Å². The zero-order chi connectivity index (χ0) is 23.5. The Labute approximate surface area is 198 Å². The third-order valence-corrected chi connectivity index (χ3v) is 5.91. The summed E-state index contributed by atoms with van der Waals surface area (Å²) in [5, 5.41) is 7.61. The summed E-state index contributed by atoms with van der Waals surface area (Å²) in [7, 11) is 3.49. The highest BCUT2D eigenvalue weighted by Crippen LogP contribution is 2.32. The third kappa shape index (κ3) is 4.68. The topological polar surface area (TPSA) is 99.9 Å². The van der Waals surface area contributed by atoms with E-state index in [0.717, 1.165) is 41.1 Å². The molecule has 1 fully saturated rings. The van der Waals surface area contributed by atoms with Crippen LogP contribution >= 0.6 is 0 Å². The first-order chi connectivity index (χ1) is 16.6. The number of hydrogen-bond acceptors (Lipinski definition) is 8. The summed E-state index contributed by atoms with van der Waals surface area (Å²) in [5.74, 6) is 2.42. The van der Waals surface area contributed by atoms with E-state index in [1.165, 1.54) is 12.8 Å². The van der Waals surface area contributed by atoms with Crippen molar-refractivity contribution in [2.75, 3.05) is 12.4 Å². The van der Waals surface area contributed by atoms with Gasteiger partial charge in [-0.05, 0) is 38.0 Å². The molecule has 0 spiro atoms. The SMILES string of the molecule is COc1nc(NC2CCCC2)ncc1-c1ccc(Oc2ccnc(-c3cnn(C)c3)c2)c(C)n1. The van der Waals surface area contributed by atoms with Crippen molar-refractivity contribution in [3.05, 3.63) is 54.7 Å². The number of ether oxygens (including phenoxy) is 2. The molecule has 0 saturated heterocycles. The maximum Gasteiger partial charge on any atom is 0.227 e. The van der Waals surface area contributed by atoms with Gasteiger partial charge in [0.15, 0.2) is 0 Å². The lowest BCUT2D eigenvalue weighted by atomic mass is 10.2. The molecule has 4 heterocycles. The van der Waals surface area contributed by atoms with Gasteiger partial charge in [-0.1, -0.05) is 12.8 Å². The maximum atomic E-state index is 6.12. The van der Waals surface area contributed by atoms with E-state index in [1.807, 2.05) is 44.4 Å². The number of aryl methyl sites for hydroxylation is 2. The Morgan fingerprint density at radius 3 is 2.62 bits per heavy atom. The van der Waals surface area contributed by atoms with E-state index in [2.05, 4.69) is 25.4 Å². The third-order valence-electron chi connectivity index (χ3n) is 5.91. The molecule has 1 saturated carbocycles. The van der Waals surface area contributed by atoms with E-state index in [0.29, 0.717) is 29.4 Å². The molecule has 34 heavy (non-hydrogen) atoms. The molecular weight excluding hydrogens is 430 g/mol. The molecule has 0 unspecified atom stereocenters. The van der Waals surface area contributed by atoms with Gasteiger partial charge in [-0.25, -0.2) is 9.97 Å². The van der Waals surface area contributed by atoms with Crippen LogP contribution in [0.1, 0.15) is 31.4 Å². The molecule has 0 amide bonds. The highest BCUT2D eigenvalue weighted by Gasteiger charge is 2.18. The van der Waals surface area contributed by atoms with Gasteiger partial charge in [-0.15, -0.1) is 0 Å². The zero-order valence-electron chi connectivity index (χ0n) is 19.5. The van der Waals surface area contributed by atoms with Crippen LogP contribution in [0.4, 0.5) is 5.95 Å². The summed E-state index contributed by atoms with van der Waals surface area (Å²) < 4.78 is 13.4. The number of methoxy groups -OCH3 is 1. The summed E-state index contributed by atoms with van der Waals surface area (Å²) in [5.41, 5.74) is 3.92. The summed E-state index contributed by atoms with van der Waals surface area (Å²) in [6.07, 6.45) is 12.0. The van der Waals surface area contributed by atoms with Crippen LogP contribution in [0, 0.1) is 6.92 Å². The molecule has 1 aliphatic carbocycles. The van der Waals surface area contributed by atoms with Crippen LogP contribution in [0.25, 0.3) is 22.5 Å². The van der Waals surface area contributed by atoms with Gasteiger partial charge >= 0.3 is 0 Å². The van der Waals surface area contributed by atoms with Gasteiger partial charge in [0.05, 0.1) is 36.0 Å². The molecule has 4 aromatic rings. The maximum absolute atomic E-state index is 6.12. The predicted molar refractivity (Wildman–Crippen MR) is 129 cm³/mol. The van der Waals surface area contributed by atoms with Gasteiger partial charge in [-0.2, -0.15) is 10.1 Å². The molecule has 0 atom stereocenters. The molecule has 9 nitrogen and oxygen atoms in total. The number of nitrogens with one attached hydrogen (secondary N) is 1. The number of aromatic nitrogens is 6. The minimum Gasteiger partial charge on any atom is -0.480 e. The molecule has 1 N–H and O–H groups in total. The number of rotatable bonds is 7. The van der Waals surface area contributed by atoms with Gasteiger partial charge in [0, 0.05) is 43.3 Å². The van der Waals surface area contributed by atoms with Crippen molar-refractivity contribution in [1.29, 1.82) is 0 Å². The fraction of sp³-hybridized carbons (Fsp3) is 0.320. The van der Waals surface area contributed by atoms with Crippen LogP contribution in [0.2, 0.25) is 0 Å². The Morgan fingerprint density at radius 2 is 1.88 bits per heavy atom. The van der Waals surface area contributed by atoms with Crippen molar-refractivity contribution in [2.24, 2.45) is 7.05 Å². The van der Waals surface area contributed by atoms with Gasteiger partial charge in [-0.3, -0.25) is 9.67 Å². The quantitative estimate of drug-likeness (QED) is 0.422. The molecule has 0 bridgehead atoms. The lowest BCUT2D eigenvalue weighted by Gasteiger charge is -2.14. The summed E-state index contributed by atoms with van der Waals surface area (Å²) in [6.45, 7) is 1.91. The summed E-state index contributed by atoms with van der Waals surface area (Å²) in [4.78, 5) is 18.2. The van der Waals surface area contributed by atoms with Crippen LogP contribution in [0.5, 0.6) is 17.4 Å². The molecule has 1 aliphatic rings. The largest absolute Gasteiger partial charge is 0.480 e. The molecule has 0 radical (unpaired) electrons. The van der Waals surface area contributed by atoms with Crippen LogP contribution in [-0.4, -0.2) is 42.9 Å². The van der Waals surface area contributed by atoms with Crippen molar-refractivity contribution in [1.82, 2.24) is 29.7 Å². The molecule has 9 heteroatoms. The fourth-order valence-electron chi connectivity index (χ4n) is 4.14. The van der Waals surface area contributed by atoms with E-state index in [4.69, 9.17) is 14.5 Å². The number of hydrogen-bond donors (Lipinski definition) is 1. The summed E-state index contributed by atoms with van der Waals surface area (Å²) in [6, 6.07) is 7.92. The minimum atomic E-state index is 0.430.